The number of halogens is 1. The Morgan fingerprint density at radius 2 is 2.32 bits per heavy atom. The molecule has 1 heterocycles. The standard InChI is InChI=1S/C14H18BrNO3/c1-2-9-7-10(15)3-5-12(9)16-8-11-4-6-13(19-11)14(17)18/h3,5,7,11,13,16H,2,4,6,8H2,1H3,(H,17,18). The number of ether oxygens (including phenoxy) is 1. The average molecular weight is 328 g/mol. The molecule has 19 heavy (non-hydrogen) atoms. The van der Waals surface area contributed by atoms with Gasteiger partial charge >= 0.3 is 5.97 Å². The predicted octanol–water partition coefficient (Wildman–Crippen LogP) is 3.06. The Hall–Kier alpha value is -1.07. The van der Waals surface area contributed by atoms with Gasteiger partial charge in [-0.05, 0) is 43.0 Å². The molecule has 2 atom stereocenters. The third-order valence-corrected chi connectivity index (χ3v) is 3.84. The summed E-state index contributed by atoms with van der Waals surface area (Å²) in [5.74, 6) is -0.861. The molecule has 1 saturated heterocycles. The number of carboxylic acid groups (broad SMARTS) is 1. The minimum atomic E-state index is -0.861. The highest BCUT2D eigenvalue weighted by Crippen LogP contribution is 2.24. The average Bonchev–Trinajstić information content (AvgIpc) is 2.86. The van der Waals surface area contributed by atoms with E-state index in [9.17, 15) is 4.79 Å². The molecule has 0 amide bonds. The molecule has 104 valence electrons. The van der Waals surface area contributed by atoms with Crippen molar-refractivity contribution in [3.63, 3.8) is 0 Å². The van der Waals surface area contributed by atoms with Gasteiger partial charge in [0.1, 0.15) is 0 Å². The van der Waals surface area contributed by atoms with Crippen LogP contribution in [0.1, 0.15) is 25.3 Å². The Labute approximate surface area is 121 Å². The molecule has 0 bridgehead atoms. The van der Waals surface area contributed by atoms with E-state index in [4.69, 9.17) is 9.84 Å². The lowest BCUT2D eigenvalue weighted by atomic mass is 10.1. The van der Waals surface area contributed by atoms with Crippen LogP contribution in [0, 0.1) is 0 Å². The molecule has 0 saturated carbocycles. The van der Waals surface area contributed by atoms with Crippen molar-refractivity contribution in [3.05, 3.63) is 28.2 Å². The van der Waals surface area contributed by atoms with Gasteiger partial charge in [0.25, 0.3) is 0 Å². The monoisotopic (exact) mass is 327 g/mol. The van der Waals surface area contributed by atoms with Crippen LogP contribution in [0.3, 0.4) is 0 Å². The smallest absolute Gasteiger partial charge is 0.332 e. The lowest BCUT2D eigenvalue weighted by Crippen LogP contribution is -2.24. The van der Waals surface area contributed by atoms with E-state index in [-0.39, 0.29) is 6.10 Å². The molecular weight excluding hydrogens is 310 g/mol. The fourth-order valence-electron chi connectivity index (χ4n) is 2.29. The van der Waals surface area contributed by atoms with Gasteiger partial charge in [-0.25, -0.2) is 4.79 Å². The van der Waals surface area contributed by atoms with Crippen LogP contribution in [-0.2, 0) is 16.0 Å². The van der Waals surface area contributed by atoms with Gasteiger partial charge in [0, 0.05) is 16.7 Å². The van der Waals surface area contributed by atoms with Gasteiger partial charge in [-0.3, -0.25) is 0 Å². The van der Waals surface area contributed by atoms with Gasteiger partial charge in [0.05, 0.1) is 6.10 Å². The summed E-state index contributed by atoms with van der Waals surface area (Å²) in [6.07, 6.45) is 1.69. The van der Waals surface area contributed by atoms with Crippen molar-refractivity contribution < 1.29 is 14.6 Å². The van der Waals surface area contributed by atoms with Gasteiger partial charge in [-0.15, -0.1) is 0 Å². The molecule has 2 N–H and O–H groups in total. The number of anilines is 1. The lowest BCUT2D eigenvalue weighted by molar-refractivity contribution is -0.149. The molecule has 0 aromatic heterocycles. The summed E-state index contributed by atoms with van der Waals surface area (Å²) in [7, 11) is 0. The van der Waals surface area contributed by atoms with E-state index in [1.54, 1.807) is 0 Å². The highest BCUT2D eigenvalue weighted by atomic mass is 79.9. The number of aliphatic carboxylic acids is 1. The Morgan fingerprint density at radius 3 is 2.95 bits per heavy atom. The summed E-state index contributed by atoms with van der Waals surface area (Å²) in [6.45, 7) is 2.76. The third-order valence-electron chi connectivity index (χ3n) is 3.35. The summed E-state index contributed by atoms with van der Waals surface area (Å²) in [5.41, 5.74) is 2.33. The first kappa shape index (κ1) is 14.3. The SMILES string of the molecule is CCc1cc(Br)ccc1NCC1CCC(C(=O)O)O1. The largest absolute Gasteiger partial charge is 0.479 e. The highest BCUT2D eigenvalue weighted by Gasteiger charge is 2.30. The molecule has 0 spiro atoms. The Balaban J connectivity index is 1.91. The maximum absolute atomic E-state index is 10.8. The Morgan fingerprint density at radius 1 is 1.53 bits per heavy atom. The Bertz CT molecular complexity index is 464. The van der Waals surface area contributed by atoms with Crippen LogP contribution < -0.4 is 5.32 Å². The number of nitrogens with one attached hydrogen (secondary N) is 1. The second kappa shape index (κ2) is 6.39. The molecule has 1 aliphatic heterocycles. The molecule has 1 fully saturated rings. The number of carbonyl (C=O) groups is 1. The maximum atomic E-state index is 10.8. The van der Waals surface area contributed by atoms with Gasteiger partial charge in [-0.1, -0.05) is 22.9 Å². The zero-order chi connectivity index (χ0) is 13.8. The summed E-state index contributed by atoms with van der Waals surface area (Å²) in [6, 6.07) is 6.13. The van der Waals surface area contributed by atoms with Gasteiger partial charge in [0.15, 0.2) is 6.10 Å². The number of aryl methyl sites for hydroxylation is 1. The van der Waals surface area contributed by atoms with Crippen molar-refractivity contribution in [2.45, 2.75) is 38.4 Å². The van der Waals surface area contributed by atoms with Crippen molar-refractivity contribution in [2.75, 3.05) is 11.9 Å². The quantitative estimate of drug-likeness (QED) is 0.872. The van der Waals surface area contributed by atoms with Crippen molar-refractivity contribution in [1.29, 1.82) is 0 Å². The molecule has 0 radical (unpaired) electrons. The summed E-state index contributed by atoms with van der Waals surface area (Å²) >= 11 is 3.46. The first-order valence-corrected chi connectivity index (χ1v) is 7.30. The third kappa shape index (κ3) is 3.70. The van der Waals surface area contributed by atoms with E-state index in [0.717, 1.165) is 23.0 Å². The number of benzene rings is 1. The van der Waals surface area contributed by atoms with Crippen LogP contribution in [0.25, 0.3) is 0 Å². The van der Waals surface area contributed by atoms with E-state index in [1.165, 1.54) is 5.56 Å². The molecule has 0 aliphatic carbocycles. The fraction of sp³-hybridized carbons (Fsp3) is 0.500. The second-order valence-electron chi connectivity index (χ2n) is 4.70. The van der Waals surface area contributed by atoms with Crippen LogP contribution in [-0.4, -0.2) is 29.8 Å². The van der Waals surface area contributed by atoms with Crippen molar-refractivity contribution in [3.8, 4) is 0 Å². The lowest BCUT2D eigenvalue weighted by Gasteiger charge is -2.15. The van der Waals surface area contributed by atoms with Crippen LogP contribution in [0.5, 0.6) is 0 Å². The number of hydrogen-bond acceptors (Lipinski definition) is 3. The molecule has 1 aliphatic rings. The molecular formula is C14H18BrNO3. The zero-order valence-electron chi connectivity index (χ0n) is 10.9. The minimum absolute atomic E-state index is 0.0190. The van der Waals surface area contributed by atoms with E-state index in [2.05, 4.69) is 34.2 Å². The van der Waals surface area contributed by atoms with Gasteiger partial charge in [0.2, 0.25) is 0 Å². The summed E-state index contributed by atoms with van der Waals surface area (Å²) < 4.78 is 6.54. The van der Waals surface area contributed by atoms with Crippen LogP contribution in [0.4, 0.5) is 5.69 Å². The number of rotatable bonds is 5. The second-order valence-corrected chi connectivity index (χ2v) is 5.61. The number of carboxylic acids is 1. The first-order chi connectivity index (χ1) is 9.10. The topological polar surface area (TPSA) is 58.6 Å². The van der Waals surface area contributed by atoms with E-state index in [0.29, 0.717) is 13.0 Å². The summed E-state index contributed by atoms with van der Waals surface area (Å²) in [5, 5.41) is 12.2. The zero-order valence-corrected chi connectivity index (χ0v) is 12.4. The van der Waals surface area contributed by atoms with Gasteiger partial charge < -0.3 is 15.2 Å². The molecule has 2 unspecified atom stereocenters. The highest BCUT2D eigenvalue weighted by molar-refractivity contribution is 9.10. The molecule has 1 aromatic carbocycles. The van der Waals surface area contributed by atoms with Crippen LogP contribution in [0.15, 0.2) is 22.7 Å². The van der Waals surface area contributed by atoms with E-state index < -0.39 is 12.1 Å². The van der Waals surface area contributed by atoms with Crippen molar-refractivity contribution in [1.82, 2.24) is 0 Å². The van der Waals surface area contributed by atoms with Crippen LogP contribution >= 0.6 is 15.9 Å². The normalized spacial score (nSPS) is 22.4. The first-order valence-electron chi connectivity index (χ1n) is 6.50. The Kier molecular flexibility index (Phi) is 4.82. The van der Waals surface area contributed by atoms with Crippen molar-refractivity contribution in [2.24, 2.45) is 0 Å². The summed E-state index contributed by atoms with van der Waals surface area (Å²) in [4.78, 5) is 10.8. The molecule has 2 rings (SSSR count). The molecule has 5 heteroatoms. The number of hydrogen-bond donors (Lipinski definition) is 2. The van der Waals surface area contributed by atoms with Gasteiger partial charge in [-0.2, -0.15) is 0 Å². The predicted molar refractivity (Wildman–Crippen MR) is 77.5 cm³/mol. The van der Waals surface area contributed by atoms with Crippen LogP contribution in [0.2, 0.25) is 0 Å². The fourth-order valence-corrected chi connectivity index (χ4v) is 2.70. The molecule has 4 nitrogen and oxygen atoms in total. The maximum Gasteiger partial charge on any atom is 0.332 e. The van der Waals surface area contributed by atoms with Crippen molar-refractivity contribution >= 4 is 27.6 Å². The van der Waals surface area contributed by atoms with E-state index >= 15 is 0 Å². The molecule has 1 aromatic rings. The van der Waals surface area contributed by atoms with E-state index in [1.807, 2.05) is 12.1 Å². The minimum Gasteiger partial charge on any atom is -0.479 e.